The van der Waals surface area contributed by atoms with Gasteiger partial charge >= 0.3 is 0 Å². The highest BCUT2D eigenvalue weighted by Crippen LogP contribution is 2.34. The van der Waals surface area contributed by atoms with Crippen molar-refractivity contribution in [3.05, 3.63) is 45.7 Å². The van der Waals surface area contributed by atoms with Crippen LogP contribution in [0.4, 0.5) is 11.4 Å². The van der Waals surface area contributed by atoms with Crippen LogP contribution in [0, 0.1) is 0 Å². The number of benzene rings is 1. The summed E-state index contributed by atoms with van der Waals surface area (Å²) in [4.78, 5) is 30.1. The van der Waals surface area contributed by atoms with Gasteiger partial charge in [-0.05, 0) is 46.6 Å². The number of hydrogen-bond acceptors (Lipinski definition) is 4. The van der Waals surface area contributed by atoms with Crippen LogP contribution in [0.5, 0.6) is 5.75 Å². The Kier molecular flexibility index (Phi) is 5.24. The summed E-state index contributed by atoms with van der Waals surface area (Å²) in [5.74, 6) is 0.235. The molecule has 0 spiro atoms. The Hall–Kier alpha value is -2.12. The highest BCUT2D eigenvalue weighted by atomic mass is 79.9. The second-order valence-corrected chi connectivity index (χ2v) is 6.76. The van der Waals surface area contributed by atoms with Gasteiger partial charge in [-0.2, -0.15) is 0 Å². The number of nitrogens with one attached hydrogen (secondary N) is 1. The molecular weight excluding hydrogens is 410 g/mol. The molecule has 1 aromatic heterocycles. The van der Waals surface area contributed by atoms with Crippen molar-refractivity contribution < 1.29 is 14.3 Å². The third kappa shape index (κ3) is 3.77. The standard InChI is InChI=1S/C17H15BrClN3O3/c1-25-14-5-4-11(8-13(14)22-6-2-3-15(22)23)21-17(24)12-7-10(18)9-20-16(12)19/h4-5,7-9H,2-3,6H2,1H3,(H,21,24). The molecule has 6 nitrogen and oxygen atoms in total. The quantitative estimate of drug-likeness (QED) is 0.756. The first kappa shape index (κ1) is 17.7. The lowest BCUT2D eigenvalue weighted by atomic mass is 10.2. The van der Waals surface area contributed by atoms with Crippen LogP contribution >= 0.6 is 27.5 Å². The molecule has 1 aliphatic rings. The zero-order valence-electron chi connectivity index (χ0n) is 13.4. The number of amides is 2. The molecule has 1 saturated heterocycles. The molecular formula is C17H15BrClN3O3. The van der Waals surface area contributed by atoms with Crippen molar-refractivity contribution in [2.75, 3.05) is 23.9 Å². The summed E-state index contributed by atoms with van der Waals surface area (Å²) in [5, 5.41) is 2.89. The first-order valence-electron chi connectivity index (χ1n) is 7.60. The predicted octanol–water partition coefficient (Wildman–Crippen LogP) is 3.89. The summed E-state index contributed by atoms with van der Waals surface area (Å²) in [6.07, 6.45) is 2.83. The molecule has 1 aliphatic heterocycles. The second-order valence-electron chi connectivity index (χ2n) is 5.48. The van der Waals surface area contributed by atoms with Crippen molar-refractivity contribution in [3.63, 3.8) is 0 Å². The SMILES string of the molecule is COc1ccc(NC(=O)c2cc(Br)cnc2Cl)cc1N1CCCC1=O. The Labute approximate surface area is 158 Å². The third-order valence-corrected chi connectivity index (χ3v) is 4.59. The van der Waals surface area contributed by atoms with E-state index < -0.39 is 0 Å². The van der Waals surface area contributed by atoms with E-state index in [0.29, 0.717) is 34.6 Å². The van der Waals surface area contributed by atoms with E-state index in [2.05, 4.69) is 26.2 Å². The molecule has 1 aromatic carbocycles. The molecule has 3 rings (SSSR count). The summed E-state index contributed by atoms with van der Waals surface area (Å²) < 4.78 is 5.99. The first-order chi connectivity index (χ1) is 12.0. The van der Waals surface area contributed by atoms with Gasteiger partial charge in [0.1, 0.15) is 10.9 Å². The number of rotatable bonds is 4. The van der Waals surface area contributed by atoms with E-state index in [1.807, 2.05) is 0 Å². The van der Waals surface area contributed by atoms with Gasteiger partial charge in [-0.3, -0.25) is 9.59 Å². The Bertz CT molecular complexity index is 844. The molecule has 2 aromatic rings. The number of anilines is 2. The van der Waals surface area contributed by atoms with E-state index in [1.165, 1.54) is 6.20 Å². The number of nitrogens with zero attached hydrogens (tertiary/aromatic N) is 2. The fourth-order valence-electron chi connectivity index (χ4n) is 2.66. The molecule has 2 amide bonds. The second kappa shape index (κ2) is 7.41. The van der Waals surface area contributed by atoms with Crippen molar-refractivity contribution in [1.82, 2.24) is 4.98 Å². The number of hydrogen-bond donors (Lipinski definition) is 1. The van der Waals surface area contributed by atoms with Gasteiger partial charge in [0.05, 0.1) is 18.4 Å². The molecule has 8 heteroatoms. The number of pyridine rings is 1. The Morgan fingerprint density at radius 3 is 2.88 bits per heavy atom. The lowest BCUT2D eigenvalue weighted by molar-refractivity contribution is -0.117. The highest BCUT2D eigenvalue weighted by molar-refractivity contribution is 9.10. The minimum Gasteiger partial charge on any atom is -0.495 e. The summed E-state index contributed by atoms with van der Waals surface area (Å²) in [7, 11) is 1.55. The molecule has 0 saturated carbocycles. The van der Waals surface area contributed by atoms with Gasteiger partial charge < -0.3 is 15.0 Å². The van der Waals surface area contributed by atoms with Gasteiger partial charge in [-0.15, -0.1) is 0 Å². The van der Waals surface area contributed by atoms with Crippen LogP contribution in [0.3, 0.4) is 0 Å². The summed E-state index contributed by atoms with van der Waals surface area (Å²) in [5.41, 5.74) is 1.43. The van der Waals surface area contributed by atoms with Crippen LogP contribution in [0.25, 0.3) is 0 Å². The van der Waals surface area contributed by atoms with Crippen molar-refractivity contribution >= 4 is 50.7 Å². The lowest BCUT2D eigenvalue weighted by Gasteiger charge is -2.20. The largest absolute Gasteiger partial charge is 0.495 e. The molecule has 130 valence electrons. The predicted molar refractivity (Wildman–Crippen MR) is 99.5 cm³/mol. The van der Waals surface area contributed by atoms with E-state index >= 15 is 0 Å². The Morgan fingerprint density at radius 2 is 2.20 bits per heavy atom. The summed E-state index contributed by atoms with van der Waals surface area (Å²) in [6, 6.07) is 6.75. The zero-order chi connectivity index (χ0) is 18.0. The first-order valence-corrected chi connectivity index (χ1v) is 8.77. The van der Waals surface area contributed by atoms with Gasteiger partial charge in [-0.25, -0.2) is 4.98 Å². The average Bonchev–Trinajstić information content (AvgIpc) is 3.02. The van der Waals surface area contributed by atoms with Crippen molar-refractivity contribution in [3.8, 4) is 5.75 Å². The van der Waals surface area contributed by atoms with E-state index in [4.69, 9.17) is 16.3 Å². The number of ether oxygens (including phenoxy) is 1. The van der Waals surface area contributed by atoms with E-state index in [0.717, 1.165) is 6.42 Å². The van der Waals surface area contributed by atoms with Gasteiger partial charge in [0, 0.05) is 29.3 Å². The van der Waals surface area contributed by atoms with Crippen LogP contribution in [0.1, 0.15) is 23.2 Å². The maximum absolute atomic E-state index is 12.5. The Balaban J connectivity index is 1.89. The van der Waals surface area contributed by atoms with Crippen molar-refractivity contribution in [2.45, 2.75) is 12.8 Å². The van der Waals surface area contributed by atoms with Crippen molar-refractivity contribution in [1.29, 1.82) is 0 Å². The number of methoxy groups -OCH3 is 1. The topological polar surface area (TPSA) is 71.5 Å². The van der Waals surface area contributed by atoms with Gasteiger partial charge in [0.2, 0.25) is 5.91 Å². The number of carbonyl (C=O) groups is 2. The molecule has 25 heavy (non-hydrogen) atoms. The molecule has 0 aliphatic carbocycles. The average molecular weight is 425 g/mol. The fourth-order valence-corrected chi connectivity index (χ4v) is 3.18. The minimum atomic E-state index is -0.386. The molecule has 1 fully saturated rings. The molecule has 0 unspecified atom stereocenters. The smallest absolute Gasteiger partial charge is 0.258 e. The Morgan fingerprint density at radius 1 is 1.40 bits per heavy atom. The van der Waals surface area contributed by atoms with E-state index in [9.17, 15) is 9.59 Å². The monoisotopic (exact) mass is 423 g/mol. The summed E-state index contributed by atoms with van der Waals surface area (Å²) >= 11 is 9.26. The van der Waals surface area contributed by atoms with Crippen LogP contribution in [0.15, 0.2) is 34.9 Å². The molecule has 1 N–H and O–H groups in total. The normalized spacial score (nSPS) is 13.9. The van der Waals surface area contributed by atoms with E-state index in [1.54, 1.807) is 36.3 Å². The molecule has 0 atom stereocenters. The number of aromatic nitrogens is 1. The third-order valence-electron chi connectivity index (χ3n) is 3.85. The summed E-state index contributed by atoms with van der Waals surface area (Å²) in [6.45, 7) is 0.633. The van der Waals surface area contributed by atoms with Crippen molar-refractivity contribution in [2.24, 2.45) is 0 Å². The van der Waals surface area contributed by atoms with Gasteiger partial charge in [0.25, 0.3) is 5.91 Å². The van der Waals surface area contributed by atoms with E-state index in [-0.39, 0.29) is 22.5 Å². The van der Waals surface area contributed by atoms with Crippen LogP contribution in [0.2, 0.25) is 5.15 Å². The maximum Gasteiger partial charge on any atom is 0.258 e. The van der Waals surface area contributed by atoms with Gasteiger partial charge in [-0.1, -0.05) is 11.6 Å². The fraction of sp³-hybridized carbons (Fsp3) is 0.235. The number of carbonyl (C=O) groups excluding carboxylic acids is 2. The van der Waals surface area contributed by atoms with Crippen LogP contribution in [-0.2, 0) is 4.79 Å². The minimum absolute atomic E-state index is 0.0426. The van der Waals surface area contributed by atoms with Crippen LogP contribution in [-0.4, -0.2) is 30.5 Å². The number of halogens is 2. The highest BCUT2D eigenvalue weighted by Gasteiger charge is 2.25. The maximum atomic E-state index is 12.5. The zero-order valence-corrected chi connectivity index (χ0v) is 15.7. The van der Waals surface area contributed by atoms with Gasteiger partial charge in [0.15, 0.2) is 0 Å². The molecule has 2 heterocycles. The molecule has 0 bridgehead atoms. The molecule has 0 radical (unpaired) electrons. The van der Waals surface area contributed by atoms with Crippen LogP contribution < -0.4 is 15.0 Å². The lowest BCUT2D eigenvalue weighted by Crippen LogP contribution is -2.24.